The number of benzene rings is 1. The van der Waals surface area contributed by atoms with Crippen molar-refractivity contribution in [1.82, 2.24) is 14.7 Å². The molecule has 1 spiro atoms. The van der Waals surface area contributed by atoms with Gasteiger partial charge in [-0.25, -0.2) is 4.79 Å². The Labute approximate surface area is 180 Å². The van der Waals surface area contributed by atoms with Gasteiger partial charge in [0.15, 0.2) is 0 Å². The normalized spacial score (nSPS) is 24.1. The van der Waals surface area contributed by atoms with E-state index < -0.39 is 17.8 Å². The smallest absolute Gasteiger partial charge is 0.341 e. The standard InChI is InChI=1S/C22H29F3N4O2/c1-27-15-21(14-18(27)19(30)28-10-4-5-11-28)8-12-29(13-9-21)20(31)26-17-7-3-2-6-16(17)22(23,24)25/h2-3,6-7,18H,4-5,8-15H2,1H3,(H,26,31). The summed E-state index contributed by atoms with van der Waals surface area (Å²) in [5.74, 6) is 0.209. The third-order valence-corrected chi connectivity index (χ3v) is 7.03. The first-order valence-corrected chi connectivity index (χ1v) is 10.9. The average molecular weight is 438 g/mol. The van der Waals surface area contributed by atoms with Crippen molar-refractivity contribution in [2.75, 3.05) is 45.1 Å². The minimum Gasteiger partial charge on any atom is -0.341 e. The Morgan fingerprint density at radius 1 is 1.03 bits per heavy atom. The molecule has 170 valence electrons. The Hall–Kier alpha value is -2.29. The number of likely N-dealkylation sites (tertiary alicyclic amines) is 3. The molecule has 3 heterocycles. The Balaban J connectivity index is 1.36. The molecule has 1 N–H and O–H groups in total. The van der Waals surface area contributed by atoms with Crippen molar-refractivity contribution in [3.63, 3.8) is 0 Å². The maximum atomic E-state index is 13.2. The number of carbonyl (C=O) groups excluding carboxylic acids is 2. The van der Waals surface area contributed by atoms with Crippen LogP contribution in [0.15, 0.2) is 24.3 Å². The van der Waals surface area contributed by atoms with E-state index in [1.54, 1.807) is 4.90 Å². The summed E-state index contributed by atoms with van der Waals surface area (Å²) in [7, 11) is 1.99. The van der Waals surface area contributed by atoms with Crippen molar-refractivity contribution < 1.29 is 22.8 Å². The zero-order valence-corrected chi connectivity index (χ0v) is 17.7. The third-order valence-electron chi connectivity index (χ3n) is 7.03. The van der Waals surface area contributed by atoms with E-state index in [4.69, 9.17) is 0 Å². The fraction of sp³-hybridized carbons (Fsp3) is 0.636. The van der Waals surface area contributed by atoms with Crippen LogP contribution in [0, 0.1) is 5.41 Å². The van der Waals surface area contributed by atoms with Crippen LogP contribution in [-0.2, 0) is 11.0 Å². The van der Waals surface area contributed by atoms with Gasteiger partial charge in [0.25, 0.3) is 0 Å². The molecule has 4 rings (SSSR count). The van der Waals surface area contributed by atoms with E-state index in [0.29, 0.717) is 13.1 Å². The van der Waals surface area contributed by atoms with Gasteiger partial charge >= 0.3 is 12.2 Å². The largest absolute Gasteiger partial charge is 0.418 e. The van der Waals surface area contributed by atoms with Crippen molar-refractivity contribution in [1.29, 1.82) is 0 Å². The molecule has 0 aliphatic carbocycles. The molecular formula is C22H29F3N4O2. The Bertz CT molecular complexity index is 830. The number of carbonyl (C=O) groups is 2. The second-order valence-electron chi connectivity index (χ2n) is 9.13. The van der Waals surface area contributed by atoms with E-state index in [9.17, 15) is 22.8 Å². The van der Waals surface area contributed by atoms with Crippen LogP contribution < -0.4 is 5.32 Å². The summed E-state index contributed by atoms with van der Waals surface area (Å²) in [6.45, 7) is 3.42. The summed E-state index contributed by atoms with van der Waals surface area (Å²) in [6.07, 6.45) is -0.124. The van der Waals surface area contributed by atoms with Crippen molar-refractivity contribution >= 4 is 17.6 Å². The lowest BCUT2D eigenvalue weighted by molar-refractivity contribution is -0.137. The van der Waals surface area contributed by atoms with Crippen LogP contribution in [0.3, 0.4) is 0 Å². The molecule has 3 fully saturated rings. The van der Waals surface area contributed by atoms with Crippen molar-refractivity contribution in [2.24, 2.45) is 5.41 Å². The van der Waals surface area contributed by atoms with E-state index in [0.717, 1.165) is 57.8 Å². The zero-order chi connectivity index (χ0) is 22.2. The van der Waals surface area contributed by atoms with E-state index in [1.165, 1.54) is 18.2 Å². The SMILES string of the molecule is CN1CC2(CCN(C(=O)Nc3ccccc3C(F)(F)F)CC2)CC1C(=O)N1CCCC1. The number of nitrogens with one attached hydrogen (secondary N) is 1. The van der Waals surface area contributed by atoms with Gasteiger partial charge in [-0.2, -0.15) is 13.2 Å². The number of amides is 3. The predicted octanol–water partition coefficient (Wildman–Crippen LogP) is 3.65. The Kier molecular flexibility index (Phi) is 5.89. The van der Waals surface area contributed by atoms with Gasteiger partial charge in [-0.05, 0) is 56.7 Å². The number of likely N-dealkylation sites (N-methyl/N-ethyl adjacent to an activating group) is 1. The second-order valence-corrected chi connectivity index (χ2v) is 9.13. The molecule has 0 saturated carbocycles. The summed E-state index contributed by atoms with van der Waals surface area (Å²) in [6, 6.07) is 4.39. The minimum absolute atomic E-state index is 0.0184. The van der Waals surface area contributed by atoms with Crippen LogP contribution in [0.1, 0.15) is 37.7 Å². The molecule has 31 heavy (non-hydrogen) atoms. The highest BCUT2D eigenvalue weighted by atomic mass is 19.4. The summed E-state index contributed by atoms with van der Waals surface area (Å²) >= 11 is 0. The molecule has 1 aromatic carbocycles. The lowest BCUT2D eigenvalue weighted by atomic mass is 9.76. The van der Waals surface area contributed by atoms with Gasteiger partial charge in [0.2, 0.25) is 5.91 Å². The molecule has 6 nitrogen and oxygen atoms in total. The number of hydrogen-bond donors (Lipinski definition) is 1. The van der Waals surface area contributed by atoms with E-state index in [-0.39, 0.29) is 23.1 Å². The fourth-order valence-electron chi connectivity index (χ4n) is 5.27. The van der Waals surface area contributed by atoms with Gasteiger partial charge in [-0.15, -0.1) is 0 Å². The monoisotopic (exact) mass is 438 g/mol. The number of piperidine rings is 1. The highest BCUT2D eigenvalue weighted by Gasteiger charge is 2.48. The molecule has 3 amide bonds. The van der Waals surface area contributed by atoms with E-state index in [2.05, 4.69) is 10.2 Å². The first-order chi connectivity index (χ1) is 14.7. The number of alkyl halides is 3. The second kappa shape index (κ2) is 8.33. The van der Waals surface area contributed by atoms with Gasteiger partial charge in [-0.1, -0.05) is 12.1 Å². The number of rotatable bonds is 2. The summed E-state index contributed by atoms with van der Waals surface area (Å²) in [5, 5.41) is 2.43. The Morgan fingerprint density at radius 3 is 2.32 bits per heavy atom. The van der Waals surface area contributed by atoms with Crippen molar-refractivity contribution in [3.05, 3.63) is 29.8 Å². The van der Waals surface area contributed by atoms with Gasteiger partial charge in [0.1, 0.15) is 0 Å². The number of hydrogen-bond acceptors (Lipinski definition) is 3. The first-order valence-electron chi connectivity index (χ1n) is 10.9. The van der Waals surface area contributed by atoms with Crippen LogP contribution in [0.4, 0.5) is 23.7 Å². The van der Waals surface area contributed by atoms with Crippen LogP contribution in [0.5, 0.6) is 0 Å². The molecule has 1 unspecified atom stereocenters. The van der Waals surface area contributed by atoms with E-state index >= 15 is 0 Å². The summed E-state index contributed by atoms with van der Waals surface area (Å²) in [4.78, 5) is 31.2. The number of para-hydroxylation sites is 1. The molecular weight excluding hydrogens is 409 g/mol. The van der Waals surface area contributed by atoms with Crippen LogP contribution >= 0.6 is 0 Å². The maximum Gasteiger partial charge on any atom is 0.418 e. The Morgan fingerprint density at radius 2 is 1.68 bits per heavy atom. The number of anilines is 1. The molecule has 0 radical (unpaired) electrons. The zero-order valence-electron chi connectivity index (χ0n) is 17.7. The van der Waals surface area contributed by atoms with Gasteiger partial charge in [0, 0.05) is 32.7 Å². The number of halogens is 3. The molecule has 9 heteroatoms. The first kappa shape index (κ1) is 21.9. The quantitative estimate of drug-likeness (QED) is 0.767. The molecule has 3 aliphatic heterocycles. The third kappa shape index (κ3) is 4.51. The number of urea groups is 1. The molecule has 3 saturated heterocycles. The highest BCUT2D eigenvalue weighted by molar-refractivity contribution is 5.90. The lowest BCUT2D eigenvalue weighted by Gasteiger charge is -2.39. The predicted molar refractivity (Wildman–Crippen MR) is 111 cm³/mol. The van der Waals surface area contributed by atoms with E-state index in [1.807, 2.05) is 11.9 Å². The van der Waals surface area contributed by atoms with Crippen molar-refractivity contribution in [2.45, 2.75) is 44.3 Å². The maximum absolute atomic E-state index is 13.2. The minimum atomic E-state index is -4.53. The lowest BCUT2D eigenvalue weighted by Crippen LogP contribution is -2.45. The molecule has 0 bridgehead atoms. The summed E-state index contributed by atoms with van der Waals surface area (Å²) in [5.41, 5.74) is -1.09. The molecule has 0 aromatic heterocycles. The van der Waals surface area contributed by atoms with Crippen LogP contribution in [0.2, 0.25) is 0 Å². The van der Waals surface area contributed by atoms with Crippen molar-refractivity contribution in [3.8, 4) is 0 Å². The van der Waals surface area contributed by atoms with Gasteiger partial charge < -0.3 is 15.1 Å². The molecule has 1 aromatic rings. The average Bonchev–Trinajstić information content (AvgIpc) is 3.36. The van der Waals surface area contributed by atoms with Crippen LogP contribution in [0.25, 0.3) is 0 Å². The highest BCUT2D eigenvalue weighted by Crippen LogP contribution is 2.43. The molecule has 1 atom stereocenters. The summed E-state index contributed by atoms with van der Waals surface area (Å²) < 4.78 is 39.6. The number of nitrogens with zero attached hydrogens (tertiary/aromatic N) is 3. The molecule has 3 aliphatic rings. The topological polar surface area (TPSA) is 55.9 Å². The fourth-order valence-corrected chi connectivity index (χ4v) is 5.27. The van der Waals surface area contributed by atoms with Gasteiger partial charge in [0.05, 0.1) is 17.3 Å². The van der Waals surface area contributed by atoms with Crippen LogP contribution in [-0.4, -0.2) is 72.5 Å². The van der Waals surface area contributed by atoms with Gasteiger partial charge in [-0.3, -0.25) is 9.69 Å².